The van der Waals surface area contributed by atoms with Crippen LogP contribution in [0.5, 0.6) is 0 Å². The Kier molecular flexibility index (Phi) is 3.82. The molecule has 0 radical (unpaired) electrons. The second-order valence-corrected chi connectivity index (χ2v) is 6.48. The fraction of sp³-hybridized carbons (Fsp3) is 0.235. The van der Waals surface area contributed by atoms with Gasteiger partial charge in [-0.2, -0.15) is 0 Å². The lowest BCUT2D eigenvalue weighted by molar-refractivity contribution is 0.00728. The van der Waals surface area contributed by atoms with Gasteiger partial charge in [-0.25, -0.2) is 14.8 Å². The number of nitrogens with zero attached hydrogens (tertiary/aromatic N) is 2. The first-order chi connectivity index (χ1) is 10.9. The molecule has 0 aliphatic carbocycles. The predicted molar refractivity (Wildman–Crippen MR) is 89.5 cm³/mol. The van der Waals surface area contributed by atoms with Gasteiger partial charge in [-0.05, 0) is 26.8 Å². The van der Waals surface area contributed by atoms with Crippen LogP contribution >= 0.6 is 11.6 Å². The number of hydrogen-bond donors (Lipinski definition) is 1. The topological polar surface area (TPSA) is 67.9 Å². The van der Waals surface area contributed by atoms with E-state index in [4.69, 9.17) is 16.3 Å². The Morgan fingerprint density at radius 1 is 1.17 bits per heavy atom. The molecule has 2 aromatic heterocycles. The number of ether oxygens (including phenoxy) is 1. The third kappa shape index (κ3) is 3.05. The van der Waals surface area contributed by atoms with E-state index in [1.165, 1.54) is 12.4 Å². The molecule has 5 nitrogen and oxygen atoms in total. The van der Waals surface area contributed by atoms with Gasteiger partial charge in [0.15, 0.2) is 5.15 Å². The quantitative estimate of drug-likeness (QED) is 0.714. The van der Waals surface area contributed by atoms with E-state index in [-0.39, 0.29) is 5.15 Å². The second-order valence-electron chi connectivity index (χ2n) is 6.12. The van der Waals surface area contributed by atoms with E-state index in [1.54, 1.807) is 0 Å². The average molecular weight is 330 g/mol. The van der Waals surface area contributed by atoms with Gasteiger partial charge in [0, 0.05) is 23.3 Å². The van der Waals surface area contributed by atoms with Crippen LogP contribution in [0.2, 0.25) is 5.15 Å². The summed E-state index contributed by atoms with van der Waals surface area (Å²) >= 11 is 6.15. The van der Waals surface area contributed by atoms with Gasteiger partial charge in [-0.15, -0.1) is 0 Å². The van der Waals surface area contributed by atoms with Gasteiger partial charge < -0.3 is 9.72 Å². The van der Waals surface area contributed by atoms with Gasteiger partial charge in [-0.1, -0.05) is 29.8 Å². The number of rotatable bonds is 2. The SMILES string of the molecule is CC(C)(C)OC(=O)c1c(-c2nccnc2Cl)[nH]c2ccccc12. The maximum Gasteiger partial charge on any atom is 0.341 e. The number of fused-ring (bicyclic) bond motifs is 1. The van der Waals surface area contributed by atoms with E-state index in [1.807, 2.05) is 45.0 Å². The van der Waals surface area contributed by atoms with Crippen LogP contribution in [0, 0.1) is 0 Å². The van der Waals surface area contributed by atoms with Crippen LogP contribution in [0.1, 0.15) is 31.1 Å². The Bertz CT molecular complexity index is 881. The summed E-state index contributed by atoms with van der Waals surface area (Å²) in [6.45, 7) is 5.48. The zero-order chi connectivity index (χ0) is 16.6. The van der Waals surface area contributed by atoms with Crippen LogP contribution in [-0.2, 0) is 4.74 Å². The molecule has 2 heterocycles. The van der Waals surface area contributed by atoms with E-state index in [0.717, 1.165) is 10.9 Å². The Balaban J connectivity index is 2.24. The minimum atomic E-state index is -0.598. The highest BCUT2D eigenvalue weighted by molar-refractivity contribution is 6.32. The summed E-state index contributed by atoms with van der Waals surface area (Å²) in [7, 11) is 0. The summed E-state index contributed by atoms with van der Waals surface area (Å²) in [5, 5.41) is 0.988. The van der Waals surface area contributed by atoms with Crippen LogP contribution in [0.15, 0.2) is 36.7 Å². The molecule has 6 heteroatoms. The first-order valence-electron chi connectivity index (χ1n) is 7.18. The molecule has 3 aromatic rings. The first-order valence-corrected chi connectivity index (χ1v) is 7.55. The van der Waals surface area contributed by atoms with Crippen molar-refractivity contribution in [1.82, 2.24) is 15.0 Å². The normalized spacial score (nSPS) is 11.7. The number of nitrogens with one attached hydrogen (secondary N) is 1. The van der Waals surface area contributed by atoms with Crippen molar-refractivity contribution < 1.29 is 9.53 Å². The molecule has 1 N–H and O–H groups in total. The molecule has 0 saturated heterocycles. The number of hydrogen-bond acceptors (Lipinski definition) is 4. The van der Waals surface area contributed by atoms with Crippen molar-refractivity contribution in [3.8, 4) is 11.4 Å². The molecule has 0 amide bonds. The summed E-state index contributed by atoms with van der Waals surface area (Å²) in [5.41, 5.74) is 1.56. The minimum absolute atomic E-state index is 0.226. The third-order valence-corrected chi connectivity index (χ3v) is 3.48. The number of esters is 1. The Morgan fingerprint density at radius 2 is 1.87 bits per heavy atom. The lowest BCUT2D eigenvalue weighted by Crippen LogP contribution is -2.24. The standard InChI is InChI=1S/C17H16ClN3O2/c1-17(2,3)23-16(22)12-10-6-4-5-7-11(10)21-13(12)14-15(18)20-9-8-19-14/h4-9,21H,1-3H3. The predicted octanol–water partition coefficient (Wildman–Crippen LogP) is 4.23. The molecule has 0 aliphatic rings. The Morgan fingerprint density at radius 3 is 2.57 bits per heavy atom. The number of para-hydroxylation sites is 1. The van der Waals surface area contributed by atoms with Crippen molar-refractivity contribution in [3.05, 3.63) is 47.4 Å². The van der Waals surface area contributed by atoms with E-state index in [9.17, 15) is 4.79 Å². The van der Waals surface area contributed by atoms with E-state index in [2.05, 4.69) is 15.0 Å². The van der Waals surface area contributed by atoms with Crippen LogP contribution in [0.25, 0.3) is 22.3 Å². The second kappa shape index (κ2) is 5.66. The van der Waals surface area contributed by atoms with E-state index < -0.39 is 11.6 Å². The Labute approximate surface area is 138 Å². The van der Waals surface area contributed by atoms with Crippen molar-refractivity contribution in [2.45, 2.75) is 26.4 Å². The van der Waals surface area contributed by atoms with Crippen molar-refractivity contribution >= 4 is 28.5 Å². The average Bonchev–Trinajstić information content (AvgIpc) is 2.85. The molecule has 23 heavy (non-hydrogen) atoms. The number of halogens is 1. The monoisotopic (exact) mass is 329 g/mol. The van der Waals surface area contributed by atoms with Gasteiger partial charge >= 0.3 is 5.97 Å². The molecule has 0 atom stereocenters. The molecule has 0 fully saturated rings. The minimum Gasteiger partial charge on any atom is -0.456 e. The van der Waals surface area contributed by atoms with Crippen LogP contribution in [0.4, 0.5) is 0 Å². The number of H-pyrrole nitrogens is 1. The molecule has 0 bridgehead atoms. The van der Waals surface area contributed by atoms with Crippen molar-refractivity contribution in [2.75, 3.05) is 0 Å². The zero-order valence-electron chi connectivity index (χ0n) is 13.1. The molecule has 0 unspecified atom stereocenters. The smallest absolute Gasteiger partial charge is 0.341 e. The van der Waals surface area contributed by atoms with Crippen molar-refractivity contribution in [1.29, 1.82) is 0 Å². The highest BCUT2D eigenvalue weighted by atomic mass is 35.5. The van der Waals surface area contributed by atoms with Crippen molar-refractivity contribution in [3.63, 3.8) is 0 Å². The van der Waals surface area contributed by atoms with Crippen LogP contribution in [0.3, 0.4) is 0 Å². The molecule has 0 saturated carbocycles. The fourth-order valence-electron chi connectivity index (χ4n) is 2.35. The summed E-state index contributed by atoms with van der Waals surface area (Å²) < 4.78 is 5.54. The lowest BCUT2D eigenvalue weighted by Gasteiger charge is -2.19. The summed E-state index contributed by atoms with van der Waals surface area (Å²) in [4.78, 5) is 24.2. The van der Waals surface area contributed by atoms with E-state index >= 15 is 0 Å². The third-order valence-electron chi connectivity index (χ3n) is 3.20. The summed E-state index contributed by atoms with van der Waals surface area (Å²) in [5.74, 6) is -0.424. The van der Waals surface area contributed by atoms with Gasteiger partial charge in [-0.3, -0.25) is 0 Å². The van der Waals surface area contributed by atoms with Crippen molar-refractivity contribution in [2.24, 2.45) is 0 Å². The molecule has 0 aliphatic heterocycles. The highest BCUT2D eigenvalue weighted by Crippen LogP contribution is 2.33. The fourth-order valence-corrected chi connectivity index (χ4v) is 2.55. The van der Waals surface area contributed by atoms with Gasteiger partial charge in [0.25, 0.3) is 0 Å². The number of aromatic amines is 1. The summed E-state index contributed by atoms with van der Waals surface area (Å²) in [6, 6.07) is 7.50. The number of aromatic nitrogens is 3. The van der Waals surface area contributed by atoms with Gasteiger partial charge in [0.2, 0.25) is 0 Å². The van der Waals surface area contributed by atoms with E-state index in [0.29, 0.717) is 17.0 Å². The highest BCUT2D eigenvalue weighted by Gasteiger charge is 2.26. The molecular weight excluding hydrogens is 314 g/mol. The van der Waals surface area contributed by atoms with Gasteiger partial charge in [0.1, 0.15) is 11.3 Å². The van der Waals surface area contributed by atoms with Gasteiger partial charge in [0.05, 0.1) is 11.3 Å². The number of carbonyl (C=O) groups is 1. The number of benzene rings is 1. The molecule has 118 valence electrons. The summed E-state index contributed by atoms with van der Waals surface area (Å²) in [6.07, 6.45) is 3.03. The zero-order valence-corrected chi connectivity index (χ0v) is 13.8. The first kappa shape index (κ1) is 15.5. The molecular formula is C17H16ClN3O2. The number of carbonyl (C=O) groups excluding carboxylic acids is 1. The maximum absolute atomic E-state index is 12.7. The molecule has 3 rings (SSSR count). The Hall–Kier alpha value is -2.40. The molecule has 0 spiro atoms. The lowest BCUT2D eigenvalue weighted by atomic mass is 10.1. The van der Waals surface area contributed by atoms with Crippen LogP contribution in [-0.4, -0.2) is 26.5 Å². The molecule has 1 aromatic carbocycles. The largest absolute Gasteiger partial charge is 0.456 e. The van der Waals surface area contributed by atoms with Crippen LogP contribution < -0.4 is 0 Å². The maximum atomic E-state index is 12.7.